The van der Waals surface area contributed by atoms with Gasteiger partial charge in [-0.15, -0.1) is 0 Å². The number of nitro groups is 1. The summed E-state index contributed by atoms with van der Waals surface area (Å²) in [5, 5.41) is 19.5. The van der Waals surface area contributed by atoms with Crippen LogP contribution >= 0.6 is 0 Å². The number of benzene rings is 1. The van der Waals surface area contributed by atoms with Crippen LogP contribution < -0.4 is 4.72 Å². The summed E-state index contributed by atoms with van der Waals surface area (Å²) < 4.78 is 46.9. The quantitative estimate of drug-likeness (QED) is 0.485. The number of phenolic OH excluding ortho intramolecular Hbond substituents is 1. The molecule has 0 aliphatic heterocycles. The average molecular weight is 268 g/mol. The van der Waals surface area contributed by atoms with Gasteiger partial charge in [0.15, 0.2) is 0 Å². The first-order valence-electron chi connectivity index (χ1n) is 4.01. The molecular formula is C7H6F2N2O5S. The van der Waals surface area contributed by atoms with Gasteiger partial charge in [-0.2, -0.15) is 8.78 Å². The zero-order valence-corrected chi connectivity index (χ0v) is 8.82. The molecule has 0 spiro atoms. The average Bonchev–Trinajstić information content (AvgIpc) is 2.20. The van der Waals surface area contributed by atoms with Gasteiger partial charge in [-0.3, -0.25) is 14.8 Å². The minimum Gasteiger partial charge on any atom is -0.505 e. The lowest BCUT2D eigenvalue weighted by Crippen LogP contribution is -2.20. The van der Waals surface area contributed by atoms with Gasteiger partial charge in [-0.05, 0) is 6.07 Å². The van der Waals surface area contributed by atoms with E-state index in [1.807, 2.05) is 0 Å². The van der Waals surface area contributed by atoms with Crippen LogP contribution in [0.5, 0.6) is 5.75 Å². The molecule has 0 radical (unpaired) electrons. The highest BCUT2D eigenvalue weighted by Gasteiger charge is 2.25. The molecule has 0 heterocycles. The molecule has 1 aromatic rings. The molecule has 0 atom stereocenters. The number of halogens is 2. The number of nitrogens with one attached hydrogen (secondary N) is 1. The highest BCUT2D eigenvalue weighted by molar-refractivity contribution is 7.93. The maximum atomic E-state index is 12.0. The van der Waals surface area contributed by atoms with Gasteiger partial charge in [-0.1, -0.05) is 0 Å². The lowest BCUT2D eigenvalue weighted by Gasteiger charge is -2.08. The van der Waals surface area contributed by atoms with E-state index in [2.05, 4.69) is 0 Å². The van der Waals surface area contributed by atoms with Crippen molar-refractivity contribution in [1.82, 2.24) is 0 Å². The Labute approximate surface area is 93.9 Å². The van der Waals surface area contributed by atoms with E-state index in [9.17, 15) is 32.4 Å². The molecule has 7 nitrogen and oxygen atoms in total. The molecule has 0 saturated carbocycles. The second-order valence-corrected chi connectivity index (χ2v) is 4.52. The van der Waals surface area contributed by atoms with E-state index in [1.54, 1.807) is 0 Å². The van der Waals surface area contributed by atoms with Crippen LogP contribution in [0.15, 0.2) is 18.2 Å². The van der Waals surface area contributed by atoms with Gasteiger partial charge in [0.25, 0.3) is 15.7 Å². The zero-order chi connectivity index (χ0) is 13.2. The molecule has 0 fully saturated rings. The number of aromatic hydroxyl groups is 1. The van der Waals surface area contributed by atoms with Crippen molar-refractivity contribution < 1.29 is 27.2 Å². The lowest BCUT2D eigenvalue weighted by atomic mass is 10.3. The first-order chi connectivity index (χ1) is 7.74. The fourth-order valence-electron chi connectivity index (χ4n) is 0.918. The first kappa shape index (κ1) is 13.1. The van der Waals surface area contributed by atoms with Crippen molar-refractivity contribution in [3.05, 3.63) is 28.3 Å². The third kappa shape index (κ3) is 3.00. The van der Waals surface area contributed by atoms with Crippen LogP contribution in [0.2, 0.25) is 0 Å². The zero-order valence-electron chi connectivity index (χ0n) is 8.00. The molecule has 1 rings (SSSR count). The highest BCUT2D eigenvalue weighted by Crippen LogP contribution is 2.29. The van der Waals surface area contributed by atoms with Crippen molar-refractivity contribution in [2.75, 3.05) is 4.72 Å². The number of hydrogen-bond donors (Lipinski definition) is 2. The Morgan fingerprint density at radius 2 is 2.00 bits per heavy atom. The number of rotatable bonds is 4. The van der Waals surface area contributed by atoms with Crippen molar-refractivity contribution in [2.45, 2.75) is 5.76 Å². The van der Waals surface area contributed by atoms with Crippen LogP contribution in [0.3, 0.4) is 0 Å². The predicted octanol–water partition coefficient (Wildman–Crippen LogP) is 1.26. The van der Waals surface area contributed by atoms with Gasteiger partial charge in [0.1, 0.15) is 5.75 Å². The Bertz CT molecular complexity index is 545. The second kappa shape index (κ2) is 4.49. The maximum Gasteiger partial charge on any atom is 0.355 e. The number of anilines is 1. The second-order valence-electron chi connectivity index (χ2n) is 2.87. The molecule has 17 heavy (non-hydrogen) atoms. The Balaban J connectivity index is 3.06. The Morgan fingerprint density at radius 3 is 2.41 bits per heavy atom. The van der Waals surface area contributed by atoms with Crippen molar-refractivity contribution in [2.24, 2.45) is 0 Å². The summed E-state index contributed by atoms with van der Waals surface area (Å²) in [4.78, 5) is 9.47. The molecule has 2 N–H and O–H groups in total. The van der Waals surface area contributed by atoms with Crippen molar-refractivity contribution >= 4 is 21.4 Å². The van der Waals surface area contributed by atoms with Crippen molar-refractivity contribution in [3.63, 3.8) is 0 Å². The van der Waals surface area contributed by atoms with Crippen LogP contribution in [-0.4, -0.2) is 24.2 Å². The van der Waals surface area contributed by atoms with Gasteiger partial charge in [0.2, 0.25) is 0 Å². The third-order valence-corrected chi connectivity index (χ3v) is 2.65. The standard InChI is InChI=1S/C7H6F2N2O5S/c8-7(9)17(15,16)10-5-2-1-4(11(13)14)3-6(5)12/h1-3,7,10,12H. The normalized spacial score (nSPS) is 11.5. The van der Waals surface area contributed by atoms with Gasteiger partial charge >= 0.3 is 5.76 Å². The first-order valence-corrected chi connectivity index (χ1v) is 5.56. The van der Waals surface area contributed by atoms with Gasteiger partial charge < -0.3 is 5.11 Å². The third-order valence-electron chi connectivity index (χ3n) is 1.68. The predicted molar refractivity (Wildman–Crippen MR) is 53.3 cm³/mol. The topological polar surface area (TPSA) is 110 Å². The van der Waals surface area contributed by atoms with Crippen LogP contribution in [0.25, 0.3) is 0 Å². The van der Waals surface area contributed by atoms with Crippen LogP contribution in [-0.2, 0) is 10.0 Å². The SMILES string of the molecule is O=[N+]([O-])c1ccc(NS(=O)(=O)C(F)F)c(O)c1. The highest BCUT2D eigenvalue weighted by atomic mass is 32.2. The van der Waals surface area contributed by atoms with Crippen LogP contribution in [0.1, 0.15) is 0 Å². The molecule has 0 aliphatic carbocycles. The molecule has 94 valence electrons. The molecular weight excluding hydrogens is 262 g/mol. The Morgan fingerprint density at radius 1 is 1.41 bits per heavy atom. The fraction of sp³-hybridized carbons (Fsp3) is 0.143. The number of nitro benzene ring substituents is 1. The number of hydrogen-bond acceptors (Lipinski definition) is 5. The van der Waals surface area contributed by atoms with Crippen molar-refractivity contribution in [1.29, 1.82) is 0 Å². The van der Waals surface area contributed by atoms with Gasteiger partial charge in [-0.25, -0.2) is 8.42 Å². The lowest BCUT2D eigenvalue weighted by molar-refractivity contribution is -0.384. The van der Waals surface area contributed by atoms with E-state index in [0.717, 1.165) is 12.1 Å². The maximum absolute atomic E-state index is 12.0. The number of phenols is 1. The van der Waals surface area contributed by atoms with E-state index >= 15 is 0 Å². The molecule has 0 saturated heterocycles. The van der Waals surface area contributed by atoms with E-state index in [-0.39, 0.29) is 0 Å². The summed E-state index contributed by atoms with van der Waals surface area (Å²) in [5.74, 6) is -4.49. The molecule has 10 heteroatoms. The molecule has 0 unspecified atom stereocenters. The molecule has 0 bridgehead atoms. The number of alkyl halides is 2. The number of nitrogens with zero attached hydrogens (tertiary/aromatic N) is 1. The van der Waals surface area contributed by atoms with Crippen LogP contribution in [0.4, 0.5) is 20.2 Å². The van der Waals surface area contributed by atoms with E-state index in [1.165, 1.54) is 4.72 Å². The summed E-state index contributed by atoms with van der Waals surface area (Å²) in [6.45, 7) is 0. The smallest absolute Gasteiger partial charge is 0.355 e. The largest absolute Gasteiger partial charge is 0.505 e. The molecule has 0 aromatic heterocycles. The minimum atomic E-state index is -4.92. The summed E-state index contributed by atoms with van der Waals surface area (Å²) in [5.41, 5.74) is -1.06. The molecule has 0 amide bonds. The summed E-state index contributed by atoms with van der Waals surface area (Å²) in [7, 11) is -4.92. The van der Waals surface area contributed by atoms with Gasteiger partial charge in [0.05, 0.1) is 16.7 Å². The van der Waals surface area contributed by atoms with Crippen molar-refractivity contribution in [3.8, 4) is 5.75 Å². The summed E-state index contributed by atoms with van der Waals surface area (Å²) in [6, 6.07) is 2.32. The number of non-ortho nitro benzene ring substituents is 1. The Kier molecular flexibility index (Phi) is 3.46. The van der Waals surface area contributed by atoms with Gasteiger partial charge in [0, 0.05) is 6.07 Å². The fourth-order valence-corrected chi connectivity index (χ4v) is 1.49. The van der Waals surface area contributed by atoms with E-state index in [4.69, 9.17) is 0 Å². The monoisotopic (exact) mass is 268 g/mol. The van der Waals surface area contributed by atoms with E-state index in [0.29, 0.717) is 6.07 Å². The van der Waals surface area contributed by atoms with E-state index < -0.39 is 37.8 Å². The minimum absolute atomic E-state index is 0.498. The summed E-state index contributed by atoms with van der Waals surface area (Å²) >= 11 is 0. The number of sulfonamides is 1. The molecule has 0 aliphatic rings. The summed E-state index contributed by atoms with van der Waals surface area (Å²) in [6.07, 6.45) is 0. The molecule has 1 aromatic carbocycles. The Hall–Kier alpha value is -1.97. The van der Waals surface area contributed by atoms with Crippen LogP contribution in [0, 0.1) is 10.1 Å².